The van der Waals surface area contributed by atoms with Gasteiger partial charge in [0.2, 0.25) is 0 Å². The third-order valence-electron chi connectivity index (χ3n) is 5.75. The standard InChI is InChI=1S/C27H26N2OS/c1-2-3-18-29(25-17-14-21-8-4-5-9-23(21)25)19-20-12-15-22(16-13-20)30-27-28-24-10-6-7-11-26(24)31-27/h4-17,25H,2-3,18-19H2,1H3. The van der Waals surface area contributed by atoms with Crippen LogP contribution in [-0.4, -0.2) is 16.4 Å². The molecule has 3 aromatic carbocycles. The summed E-state index contributed by atoms with van der Waals surface area (Å²) >= 11 is 1.58. The normalized spacial score (nSPS) is 15.0. The van der Waals surface area contributed by atoms with Crippen LogP contribution in [0.25, 0.3) is 16.3 Å². The van der Waals surface area contributed by atoms with Crippen molar-refractivity contribution in [1.82, 2.24) is 9.88 Å². The maximum absolute atomic E-state index is 6.02. The molecule has 0 aliphatic heterocycles. The highest BCUT2D eigenvalue weighted by molar-refractivity contribution is 7.20. The predicted octanol–water partition coefficient (Wildman–Crippen LogP) is 7.46. The molecule has 156 valence electrons. The number of hydrogen-bond donors (Lipinski definition) is 0. The fourth-order valence-corrected chi connectivity index (χ4v) is 4.95. The van der Waals surface area contributed by atoms with Gasteiger partial charge < -0.3 is 4.74 Å². The first kappa shape index (κ1) is 20.0. The zero-order valence-electron chi connectivity index (χ0n) is 17.7. The third-order valence-corrected chi connectivity index (χ3v) is 6.67. The van der Waals surface area contributed by atoms with E-state index in [1.807, 2.05) is 18.2 Å². The fourth-order valence-electron chi connectivity index (χ4n) is 4.12. The van der Waals surface area contributed by atoms with Crippen molar-refractivity contribution in [3.63, 3.8) is 0 Å². The van der Waals surface area contributed by atoms with Gasteiger partial charge in [0.25, 0.3) is 5.19 Å². The highest BCUT2D eigenvalue weighted by atomic mass is 32.1. The molecule has 0 saturated carbocycles. The number of fused-ring (bicyclic) bond motifs is 2. The van der Waals surface area contributed by atoms with Crippen LogP contribution in [0.2, 0.25) is 0 Å². The Hall–Kier alpha value is -2.95. The first-order valence-corrected chi connectivity index (χ1v) is 11.8. The van der Waals surface area contributed by atoms with Gasteiger partial charge in [-0.15, -0.1) is 0 Å². The first-order chi connectivity index (χ1) is 15.3. The Balaban J connectivity index is 1.30. The Morgan fingerprint density at radius 1 is 0.968 bits per heavy atom. The second-order valence-electron chi connectivity index (χ2n) is 7.95. The van der Waals surface area contributed by atoms with E-state index in [4.69, 9.17) is 4.74 Å². The number of aromatic nitrogens is 1. The first-order valence-electron chi connectivity index (χ1n) is 10.9. The van der Waals surface area contributed by atoms with Crippen molar-refractivity contribution >= 4 is 27.6 Å². The molecule has 3 nitrogen and oxygen atoms in total. The lowest BCUT2D eigenvalue weighted by Crippen LogP contribution is -2.27. The fraction of sp³-hybridized carbons (Fsp3) is 0.222. The lowest BCUT2D eigenvalue weighted by Gasteiger charge is -2.29. The highest BCUT2D eigenvalue weighted by Gasteiger charge is 2.23. The zero-order chi connectivity index (χ0) is 21.0. The molecule has 5 rings (SSSR count). The quantitative estimate of drug-likeness (QED) is 0.292. The summed E-state index contributed by atoms with van der Waals surface area (Å²) in [6.45, 7) is 4.26. The number of para-hydroxylation sites is 1. The molecule has 0 saturated heterocycles. The van der Waals surface area contributed by atoms with Crippen molar-refractivity contribution in [1.29, 1.82) is 0 Å². The van der Waals surface area contributed by atoms with Gasteiger partial charge >= 0.3 is 0 Å². The van der Waals surface area contributed by atoms with E-state index in [-0.39, 0.29) is 0 Å². The molecular weight excluding hydrogens is 400 g/mol. The van der Waals surface area contributed by atoms with Crippen LogP contribution in [0.5, 0.6) is 10.9 Å². The Labute approximate surface area is 187 Å². The molecule has 0 amide bonds. The van der Waals surface area contributed by atoms with Gasteiger partial charge in [0.05, 0.1) is 16.3 Å². The van der Waals surface area contributed by atoms with Crippen molar-refractivity contribution in [3.8, 4) is 10.9 Å². The van der Waals surface area contributed by atoms with Gasteiger partial charge in [0.15, 0.2) is 0 Å². The lowest BCUT2D eigenvalue weighted by molar-refractivity contribution is 0.220. The summed E-state index contributed by atoms with van der Waals surface area (Å²) in [5.41, 5.74) is 5.03. The lowest BCUT2D eigenvalue weighted by atomic mass is 10.0. The third kappa shape index (κ3) is 4.41. The summed E-state index contributed by atoms with van der Waals surface area (Å²) in [4.78, 5) is 7.15. The second-order valence-corrected chi connectivity index (χ2v) is 8.94. The smallest absolute Gasteiger partial charge is 0.279 e. The minimum Gasteiger partial charge on any atom is -0.431 e. The number of thiazole rings is 1. The molecule has 1 aliphatic carbocycles. The average Bonchev–Trinajstić information content (AvgIpc) is 3.41. The van der Waals surface area contributed by atoms with Crippen molar-refractivity contribution in [3.05, 3.63) is 95.6 Å². The number of nitrogens with zero attached hydrogens (tertiary/aromatic N) is 2. The molecule has 4 heteroatoms. The molecule has 0 spiro atoms. The summed E-state index contributed by atoms with van der Waals surface area (Å²) in [7, 11) is 0. The summed E-state index contributed by atoms with van der Waals surface area (Å²) < 4.78 is 7.16. The molecule has 0 radical (unpaired) electrons. The van der Waals surface area contributed by atoms with Gasteiger partial charge in [-0.3, -0.25) is 4.90 Å². The van der Waals surface area contributed by atoms with E-state index in [0.717, 1.165) is 29.1 Å². The highest BCUT2D eigenvalue weighted by Crippen LogP contribution is 2.35. The Morgan fingerprint density at radius 2 is 1.77 bits per heavy atom. The van der Waals surface area contributed by atoms with Crippen molar-refractivity contribution in [2.75, 3.05) is 6.54 Å². The largest absolute Gasteiger partial charge is 0.431 e. The maximum atomic E-state index is 6.02. The molecule has 1 aromatic heterocycles. The molecule has 0 bridgehead atoms. The van der Waals surface area contributed by atoms with Gasteiger partial charge in [-0.1, -0.05) is 85.4 Å². The minimum absolute atomic E-state index is 0.349. The van der Waals surface area contributed by atoms with Crippen molar-refractivity contribution < 1.29 is 4.74 Å². The number of ether oxygens (including phenoxy) is 1. The number of benzene rings is 3. The monoisotopic (exact) mass is 426 g/mol. The van der Waals surface area contributed by atoms with Crippen LogP contribution in [0, 0.1) is 0 Å². The molecule has 1 unspecified atom stereocenters. The minimum atomic E-state index is 0.349. The molecule has 31 heavy (non-hydrogen) atoms. The van der Waals surface area contributed by atoms with Crippen LogP contribution >= 0.6 is 11.3 Å². The van der Waals surface area contributed by atoms with Gasteiger partial charge in [-0.2, -0.15) is 0 Å². The SMILES string of the molecule is CCCCN(Cc1ccc(Oc2nc3ccccc3s2)cc1)C1C=Cc2ccccc21. The Morgan fingerprint density at radius 3 is 2.61 bits per heavy atom. The summed E-state index contributed by atoms with van der Waals surface area (Å²) in [6, 6.07) is 25.6. The van der Waals surface area contributed by atoms with Crippen LogP contribution < -0.4 is 4.74 Å². The molecule has 4 aromatic rings. The van der Waals surface area contributed by atoms with E-state index in [9.17, 15) is 0 Å². The number of unbranched alkanes of at least 4 members (excludes halogenated alkanes) is 1. The molecule has 1 heterocycles. The molecule has 1 aliphatic rings. The topological polar surface area (TPSA) is 25.4 Å². The summed E-state index contributed by atoms with van der Waals surface area (Å²) in [6.07, 6.45) is 6.99. The van der Waals surface area contributed by atoms with Gasteiger partial charge in [0, 0.05) is 6.54 Å². The van der Waals surface area contributed by atoms with Crippen LogP contribution in [-0.2, 0) is 6.54 Å². The average molecular weight is 427 g/mol. The van der Waals surface area contributed by atoms with Crippen LogP contribution in [0.1, 0.15) is 42.5 Å². The number of rotatable bonds is 8. The summed E-state index contributed by atoms with van der Waals surface area (Å²) in [5, 5.41) is 0.686. The maximum Gasteiger partial charge on any atom is 0.279 e. The van der Waals surface area contributed by atoms with Crippen molar-refractivity contribution in [2.24, 2.45) is 0 Å². The molecular formula is C27H26N2OS. The van der Waals surface area contributed by atoms with Gasteiger partial charge in [-0.05, 0) is 53.9 Å². The Bertz CT molecular complexity index is 1160. The van der Waals surface area contributed by atoms with Crippen LogP contribution in [0.15, 0.2) is 78.9 Å². The van der Waals surface area contributed by atoms with E-state index in [1.165, 1.54) is 29.5 Å². The van der Waals surface area contributed by atoms with E-state index in [1.54, 1.807) is 11.3 Å². The number of hydrogen-bond acceptors (Lipinski definition) is 4. The second kappa shape index (κ2) is 9.04. The van der Waals surface area contributed by atoms with E-state index >= 15 is 0 Å². The summed E-state index contributed by atoms with van der Waals surface area (Å²) in [5.74, 6) is 0.828. The van der Waals surface area contributed by atoms with E-state index in [2.05, 4.69) is 83.6 Å². The van der Waals surface area contributed by atoms with E-state index < -0.39 is 0 Å². The van der Waals surface area contributed by atoms with Crippen LogP contribution in [0.3, 0.4) is 0 Å². The Kier molecular flexibility index (Phi) is 5.83. The van der Waals surface area contributed by atoms with Crippen LogP contribution in [0.4, 0.5) is 0 Å². The molecule has 0 fully saturated rings. The van der Waals surface area contributed by atoms with Gasteiger partial charge in [-0.25, -0.2) is 4.98 Å². The molecule has 1 atom stereocenters. The van der Waals surface area contributed by atoms with Gasteiger partial charge in [0.1, 0.15) is 5.75 Å². The van der Waals surface area contributed by atoms with E-state index in [0.29, 0.717) is 11.2 Å². The zero-order valence-corrected chi connectivity index (χ0v) is 18.5. The predicted molar refractivity (Wildman–Crippen MR) is 130 cm³/mol. The molecule has 0 N–H and O–H groups in total. The van der Waals surface area contributed by atoms with Crippen molar-refractivity contribution in [2.45, 2.75) is 32.4 Å².